The van der Waals surface area contributed by atoms with E-state index in [0.717, 1.165) is 50.7 Å². The number of ether oxygens (including phenoxy) is 2. The zero-order valence-corrected chi connectivity index (χ0v) is 15.1. The van der Waals surface area contributed by atoms with Crippen molar-refractivity contribution in [1.29, 1.82) is 0 Å². The minimum absolute atomic E-state index is 0.0458. The number of nitrogens with zero attached hydrogens (tertiary/aromatic N) is 3. The number of carbonyl (C=O) groups is 1. The summed E-state index contributed by atoms with van der Waals surface area (Å²) in [5.41, 5.74) is 1.56. The van der Waals surface area contributed by atoms with Crippen LogP contribution in [-0.2, 0) is 11.3 Å². The lowest BCUT2D eigenvalue weighted by molar-refractivity contribution is 0.0322. The van der Waals surface area contributed by atoms with E-state index in [-0.39, 0.29) is 5.78 Å². The molecular formula is C20H25N3O3. The van der Waals surface area contributed by atoms with Gasteiger partial charge in [-0.2, -0.15) is 5.10 Å². The van der Waals surface area contributed by atoms with Gasteiger partial charge in [-0.15, -0.1) is 0 Å². The molecule has 0 saturated carbocycles. The summed E-state index contributed by atoms with van der Waals surface area (Å²) in [5, 5.41) is 4.12. The van der Waals surface area contributed by atoms with E-state index < -0.39 is 0 Å². The fourth-order valence-electron chi connectivity index (χ4n) is 2.72. The second-order valence-corrected chi connectivity index (χ2v) is 6.15. The van der Waals surface area contributed by atoms with E-state index >= 15 is 0 Å². The summed E-state index contributed by atoms with van der Waals surface area (Å²) in [6.45, 7) is 7.86. The third kappa shape index (κ3) is 5.28. The van der Waals surface area contributed by atoms with Gasteiger partial charge in [0.05, 0.1) is 25.0 Å². The minimum Gasteiger partial charge on any atom is -0.492 e. The number of ketones is 1. The van der Waals surface area contributed by atoms with Crippen molar-refractivity contribution in [2.75, 3.05) is 39.5 Å². The number of morpholine rings is 1. The molecular weight excluding hydrogens is 330 g/mol. The Hall–Kier alpha value is -2.44. The number of benzene rings is 1. The Bertz CT molecular complexity index is 731. The molecule has 2 aromatic rings. The molecule has 1 aromatic heterocycles. The molecule has 1 aliphatic heterocycles. The van der Waals surface area contributed by atoms with Crippen molar-refractivity contribution in [2.24, 2.45) is 0 Å². The first-order chi connectivity index (χ1) is 12.7. The lowest BCUT2D eigenvalue weighted by Gasteiger charge is -2.26. The molecule has 1 fully saturated rings. The molecule has 1 aliphatic rings. The van der Waals surface area contributed by atoms with Crippen LogP contribution in [0, 0.1) is 0 Å². The average molecular weight is 355 g/mol. The van der Waals surface area contributed by atoms with Gasteiger partial charge in [-0.1, -0.05) is 18.2 Å². The molecule has 6 nitrogen and oxygen atoms in total. The Kier molecular flexibility index (Phi) is 6.57. The second-order valence-electron chi connectivity index (χ2n) is 6.15. The SMILES string of the molecule is CCn1cc(C(=O)/C=C/c2ccc(OCCN3CCOCC3)cc2)cn1. The van der Waals surface area contributed by atoms with E-state index in [4.69, 9.17) is 9.47 Å². The monoisotopic (exact) mass is 355 g/mol. The van der Waals surface area contributed by atoms with Gasteiger partial charge >= 0.3 is 0 Å². The minimum atomic E-state index is -0.0458. The molecule has 0 N–H and O–H groups in total. The van der Waals surface area contributed by atoms with Crippen molar-refractivity contribution < 1.29 is 14.3 Å². The molecule has 0 spiro atoms. The number of aromatic nitrogens is 2. The number of carbonyl (C=O) groups excluding carboxylic acids is 1. The summed E-state index contributed by atoms with van der Waals surface area (Å²) >= 11 is 0. The van der Waals surface area contributed by atoms with Gasteiger partial charge in [0.15, 0.2) is 5.78 Å². The molecule has 2 heterocycles. The smallest absolute Gasteiger partial charge is 0.189 e. The molecule has 0 radical (unpaired) electrons. The number of hydrogen-bond donors (Lipinski definition) is 0. The summed E-state index contributed by atoms with van der Waals surface area (Å²) in [4.78, 5) is 14.5. The van der Waals surface area contributed by atoms with Gasteiger partial charge in [0.25, 0.3) is 0 Å². The Morgan fingerprint density at radius 3 is 2.73 bits per heavy atom. The van der Waals surface area contributed by atoms with E-state index in [9.17, 15) is 4.79 Å². The van der Waals surface area contributed by atoms with Gasteiger partial charge in [-0.25, -0.2) is 0 Å². The number of rotatable bonds is 8. The first kappa shape index (κ1) is 18.4. The van der Waals surface area contributed by atoms with Crippen molar-refractivity contribution in [3.05, 3.63) is 53.9 Å². The molecule has 3 rings (SSSR count). The normalized spacial score (nSPS) is 15.4. The summed E-state index contributed by atoms with van der Waals surface area (Å²) in [6.07, 6.45) is 6.74. The van der Waals surface area contributed by atoms with Crippen molar-refractivity contribution in [1.82, 2.24) is 14.7 Å². The maximum absolute atomic E-state index is 12.1. The highest BCUT2D eigenvalue weighted by Crippen LogP contribution is 2.14. The van der Waals surface area contributed by atoms with Gasteiger partial charge in [0.2, 0.25) is 0 Å². The summed E-state index contributed by atoms with van der Waals surface area (Å²) in [5.74, 6) is 0.793. The van der Waals surface area contributed by atoms with Crippen LogP contribution in [0.4, 0.5) is 0 Å². The third-order valence-electron chi connectivity index (χ3n) is 4.33. The van der Waals surface area contributed by atoms with Crippen LogP contribution in [0.5, 0.6) is 5.75 Å². The first-order valence-electron chi connectivity index (χ1n) is 9.02. The van der Waals surface area contributed by atoms with Crippen LogP contribution >= 0.6 is 0 Å². The third-order valence-corrected chi connectivity index (χ3v) is 4.33. The maximum Gasteiger partial charge on any atom is 0.189 e. The van der Waals surface area contributed by atoms with Crippen molar-refractivity contribution in [3.8, 4) is 5.75 Å². The molecule has 0 bridgehead atoms. The Morgan fingerprint density at radius 1 is 1.27 bits per heavy atom. The van der Waals surface area contributed by atoms with Gasteiger partial charge in [0.1, 0.15) is 12.4 Å². The molecule has 0 unspecified atom stereocenters. The molecule has 6 heteroatoms. The highest BCUT2D eigenvalue weighted by atomic mass is 16.5. The standard InChI is InChI=1S/C20H25N3O3/c1-2-23-16-18(15-21-23)20(24)8-5-17-3-6-19(7-4-17)26-14-11-22-9-12-25-13-10-22/h3-8,15-16H,2,9-14H2,1H3/b8-5+. The Morgan fingerprint density at radius 2 is 2.04 bits per heavy atom. The number of aryl methyl sites for hydroxylation is 1. The van der Waals surface area contributed by atoms with E-state index in [1.165, 1.54) is 0 Å². The van der Waals surface area contributed by atoms with E-state index in [1.54, 1.807) is 23.2 Å². The topological polar surface area (TPSA) is 56.6 Å². The molecule has 1 saturated heterocycles. The van der Waals surface area contributed by atoms with E-state index in [2.05, 4.69) is 10.00 Å². The first-order valence-corrected chi connectivity index (χ1v) is 9.02. The van der Waals surface area contributed by atoms with Gasteiger partial charge in [-0.3, -0.25) is 14.4 Å². The maximum atomic E-state index is 12.1. The van der Waals surface area contributed by atoms with Crippen molar-refractivity contribution in [3.63, 3.8) is 0 Å². The summed E-state index contributed by atoms with van der Waals surface area (Å²) < 4.78 is 12.9. The molecule has 0 aliphatic carbocycles. The lowest BCUT2D eigenvalue weighted by atomic mass is 10.1. The predicted molar refractivity (Wildman–Crippen MR) is 100 cm³/mol. The van der Waals surface area contributed by atoms with Gasteiger partial charge in [-0.05, 0) is 30.7 Å². The fraction of sp³-hybridized carbons (Fsp3) is 0.400. The molecule has 1 aromatic carbocycles. The van der Waals surface area contributed by atoms with Crippen molar-refractivity contribution in [2.45, 2.75) is 13.5 Å². The lowest BCUT2D eigenvalue weighted by Crippen LogP contribution is -2.38. The number of allylic oxidation sites excluding steroid dienone is 1. The van der Waals surface area contributed by atoms with Crippen LogP contribution in [0.25, 0.3) is 6.08 Å². The predicted octanol–water partition coefficient (Wildman–Crippen LogP) is 2.51. The van der Waals surface area contributed by atoms with Crippen LogP contribution in [0.1, 0.15) is 22.8 Å². The van der Waals surface area contributed by atoms with E-state index in [0.29, 0.717) is 12.2 Å². The summed E-state index contributed by atoms with van der Waals surface area (Å²) in [6, 6.07) is 7.75. The summed E-state index contributed by atoms with van der Waals surface area (Å²) in [7, 11) is 0. The largest absolute Gasteiger partial charge is 0.492 e. The molecule has 0 atom stereocenters. The second kappa shape index (κ2) is 9.31. The van der Waals surface area contributed by atoms with Crippen LogP contribution < -0.4 is 4.74 Å². The fourth-order valence-corrected chi connectivity index (χ4v) is 2.72. The van der Waals surface area contributed by atoms with Crippen LogP contribution in [0.3, 0.4) is 0 Å². The van der Waals surface area contributed by atoms with Gasteiger partial charge in [0, 0.05) is 32.4 Å². The van der Waals surface area contributed by atoms with Crippen LogP contribution in [-0.4, -0.2) is 59.9 Å². The van der Waals surface area contributed by atoms with E-state index in [1.807, 2.05) is 37.3 Å². The highest BCUT2D eigenvalue weighted by molar-refractivity contribution is 6.06. The van der Waals surface area contributed by atoms with Crippen molar-refractivity contribution >= 4 is 11.9 Å². The highest BCUT2D eigenvalue weighted by Gasteiger charge is 2.09. The van der Waals surface area contributed by atoms with Gasteiger partial charge < -0.3 is 9.47 Å². The van der Waals surface area contributed by atoms with Crippen LogP contribution in [0.15, 0.2) is 42.7 Å². The Labute approximate surface area is 154 Å². The zero-order valence-electron chi connectivity index (χ0n) is 15.1. The zero-order chi connectivity index (χ0) is 18.2. The Balaban J connectivity index is 1.46. The molecule has 26 heavy (non-hydrogen) atoms. The average Bonchev–Trinajstić information content (AvgIpc) is 3.17. The number of hydrogen-bond acceptors (Lipinski definition) is 5. The molecule has 0 amide bonds. The quantitative estimate of drug-likeness (QED) is 0.538. The van der Waals surface area contributed by atoms with Crippen LogP contribution in [0.2, 0.25) is 0 Å². The molecule has 138 valence electrons.